The first-order valence-electron chi connectivity index (χ1n) is 7.33. The van der Waals surface area contributed by atoms with Crippen molar-refractivity contribution in [2.45, 2.75) is 32.8 Å². The van der Waals surface area contributed by atoms with Gasteiger partial charge in [0.25, 0.3) is 5.91 Å². The molecule has 0 aliphatic heterocycles. The van der Waals surface area contributed by atoms with E-state index in [2.05, 4.69) is 10.6 Å². The molecule has 0 aliphatic rings. The zero-order valence-corrected chi connectivity index (χ0v) is 13.8. The van der Waals surface area contributed by atoms with Gasteiger partial charge in [0.05, 0.1) is 6.42 Å². The van der Waals surface area contributed by atoms with Crippen molar-refractivity contribution < 1.29 is 28.2 Å². The molecule has 132 valence electrons. The number of benzene rings is 1. The molecule has 0 aliphatic carbocycles. The summed E-state index contributed by atoms with van der Waals surface area (Å²) in [6.45, 7) is 4.69. The summed E-state index contributed by atoms with van der Waals surface area (Å²) in [7, 11) is 0. The summed E-state index contributed by atoms with van der Waals surface area (Å²) >= 11 is 0. The van der Waals surface area contributed by atoms with Gasteiger partial charge >= 0.3 is 12.1 Å². The first-order valence-corrected chi connectivity index (χ1v) is 7.33. The molecule has 0 fully saturated rings. The molecule has 0 bridgehead atoms. The van der Waals surface area contributed by atoms with Crippen molar-refractivity contribution in [2.24, 2.45) is 0 Å². The van der Waals surface area contributed by atoms with E-state index in [9.17, 15) is 18.8 Å². The summed E-state index contributed by atoms with van der Waals surface area (Å²) in [6.07, 6.45) is -0.744. The van der Waals surface area contributed by atoms with E-state index in [1.807, 2.05) is 0 Å². The molecule has 0 radical (unpaired) electrons. The molecule has 0 aromatic heterocycles. The topological polar surface area (TPSA) is 93.7 Å². The number of nitrogens with one attached hydrogen (secondary N) is 2. The summed E-state index contributed by atoms with van der Waals surface area (Å²) in [5.41, 5.74) is -0.359. The van der Waals surface area contributed by atoms with Crippen molar-refractivity contribution >= 4 is 23.7 Å². The molecular weight excluding hydrogens is 319 g/mol. The van der Waals surface area contributed by atoms with Gasteiger partial charge in [0.15, 0.2) is 6.61 Å². The minimum absolute atomic E-state index is 0.0270. The molecule has 1 aromatic rings. The Balaban J connectivity index is 2.21. The lowest BCUT2D eigenvalue weighted by molar-refractivity contribution is -0.147. The lowest BCUT2D eigenvalue weighted by Crippen LogP contribution is -2.34. The number of rotatable bonds is 6. The van der Waals surface area contributed by atoms with Crippen molar-refractivity contribution in [1.82, 2.24) is 5.32 Å². The highest BCUT2D eigenvalue weighted by atomic mass is 19.1. The number of amides is 2. The maximum atomic E-state index is 13.0. The van der Waals surface area contributed by atoms with Gasteiger partial charge < -0.3 is 20.1 Å². The molecule has 7 nitrogen and oxygen atoms in total. The molecule has 0 saturated heterocycles. The molecule has 0 spiro atoms. The molecule has 0 atom stereocenters. The molecule has 1 aromatic carbocycles. The van der Waals surface area contributed by atoms with Crippen molar-refractivity contribution in [3.05, 3.63) is 30.1 Å². The molecule has 2 amide bonds. The highest BCUT2D eigenvalue weighted by Crippen LogP contribution is 2.09. The van der Waals surface area contributed by atoms with Crippen LogP contribution >= 0.6 is 0 Å². The van der Waals surface area contributed by atoms with Gasteiger partial charge in [-0.05, 0) is 39.0 Å². The molecule has 0 saturated carbocycles. The van der Waals surface area contributed by atoms with Crippen molar-refractivity contribution in [1.29, 1.82) is 0 Å². The SMILES string of the molecule is CC(C)(C)OC(=O)NCCC(=O)OCC(=O)Nc1cccc(F)c1. The fourth-order valence-corrected chi connectivity index (χ4v) is 1.56. The molecule has 1 rings (SSSR count). The largest absolute Gasteiger partial charge is 0.456 e. The second kappa shape index (κ2) is 8.85. The van der Waals surface area contributed by atoms with Crippen molar-refractivity contribution in [3.8, 4) is 0 Å². The first-order chi connectivity index (χ1) is 11.2. The number of carbonyl (C=O) groups excluding carboxylic acids is 3. The Bertz CT molecular complexity index is 598. The van der Waals surface area contributed by atoms with Crippen LogP contribution in [0.1, 0.15) is 27.2 Å². The second-order valence-corrected chi connectivity index (χ2v) is 5.90. The van der Waals surface area contributed by atoms with Gasteiger partial charge in [-0.25, -0.2) is 9.18 Å². The zero-order valence-electron chi connectivity index (χ0n) is 13.8. The van der Waals surface area contributed by atoms with E-state index in [0.717, 1.165) is 6.07 Å². The van der Waals surface area contributed by atoms with Gasteiger partial charge in [-0.3, -0.25) is 9.59 Å². The van der Waals surface area contributed by atoms with Crippen LogP contribution < -0.4 is 10.6 Å². The van der Waals surface area contributed by atoms with Crippen LogP contribution in [0.2, 0.25) is 0 Å². The third kappa shape index (κ3) is 8.72. The number of anilines is 1. The lowest BCUT2D eigenvalue weighted by Gasteiger charge is -2.19. The van der Waals surface area contributed by atoms with Gasteiger partial charge in [0.1, 0.15) is 11.4 Å². The summed E-state index contributed by atoms with van der Waals surface area (Å²) in [6, 6.07) is 5.34. The van der Waals surface area contributed by atoms with E-state index in [1.165, 1.54) is 18.2 Å². The molecule has 2 N–H and O–H groups in total. The standard InChI is InChI=1S/C16H21FN2O5/c1-16(2,3)24-15(22)18-8-7-14(21)23-10-13(20)19-12-6-4-5-11(17)9-12/h4-6,9H,7-8,10H2,1-3H3,(H,18,22)(H,19,20). The average molecular weight is 340 g/mol. The Morgan fingerprint density at radius 2 is 1.92 bits per heavy atom. The van der Waals surface area contributed by atoms with Crippen molar-refractivity contribution in [2.75, 3.05) is 18.5 Å². The monoisotopic (exact) mass is 340 g/mol. The minimum atomic E-state index is -0.652. The van der Waals surface area contributed by atoms with Gasteiger partial charge in [-0.1, -0.05) is 6.07 Å². The predicted molar refractivity (Wildman–Crippen MR) is 84.8 cm³/mol. The Hall–Kier alpha value is -2.64. The highest BCUT2D eigenvalue weighted by Gasteiger charge is 2.16. The van der Waals surface area contributed by atoms with Crippen LogP contribution in [-0.2, 0) is 19.1 Å². The summed E-state index contributed by atoms with van der Waals surface area (Å²) in [4.78, 5) is 34.4. The number of ether oxygens (including phenoxy) is 2. The van der Waals surface area contributed by atoms with Gasteiger partial charge in [-0.2, -0.15) is 0 Å². The van der Waals surface area contributed by atoms with Crippen LogP contribution in [0.3, 0.4) is 0 Å². The number of alkyl carbamates (subject to hydrolysis) is 1. The highest BCUT2D eigenvalue weighted by molar-refractivity contribution is 5.92. The van der Waals surface area contributed by atoms with Crippen LogP contribution in [0.5, 0.6) is 0 Å². The van der Waals surface area contributed by atoms with Gasteiger partial charge in [-0.15, -0.1) is 0 Å². The molecule has 8 heteroatoms. The van der Waals surface area contributed by atoms with Crippen LogP contribution in [-0.4, -0.2) is 36.7 Å². The third-order valence-electron chi connectivity index (χ3n) is 2.47. The predicted octanol–water partition coefficient (Wildman–Crippen LogP) is 2.22. The van der Waals surface area contributed by atoms with E-state index in [1.54, 1.807) is 20.8 Å². The fourth-order valence-electron chi connectivity index (χ4n) is 1.56. The summed E-state index contributed by atoms with van der Waals surface area (Å²) in [5.74, 6) is -1.73. The van der Waals surface area contributed by atoms with Gasteiger partial charge in [0.2, 0.25) is 0 Å². The van der Waals surface area contributed by atoms with Crippen LogP contribution in [0, 0.1) is 5.82 Å². The Morgan fingerprint density at radius 1 is 1.21 bits per heavy atom. The summed E-state index contributed by atoms with van der Waals surface area (Å²) < 4.78 is 22.7. The maximum absolute atomic E-state index is 13.0. The average Bonchev–Trinajstić information content (AvgIpc) is 2.43. The molecular formula is C16H21FN2O5. The van der Waals surface area contributed by atoms with E-state index in [-0.39, 0.29) is 18.7 Å². The normalized spacial score (nSPS) is 10.7. The van der Waals surface area contributed by atoms with Gasteiger partial charge in [0, 0.05) is 12.2 Å². The Morgan fingerprint density at radius 3 is 2.54 bits per heavy atom. The molecule has 0 heterocycles. The number of esters is 1. The van der Waals surface area contributed by atoms with Crippen LogP contribution in [0.15, 0.2) is 24.3 Å². The van der Waals surface area contributed by atoms with Crippen LogP contribution in [0.25, 0.3) is 0 Å². The number of hydrogen-bond donors (Lipinski definition) is 2. The Kier molecular flexibility index (Phi) is 7.16. The zero-order chi connectivity index (χ0) is 18.2. The Labute approximate surface area is 139 Å². The van der Waals surface area contributed by atoms with Crippen LogP contribution in [0.4, 0.5) is 14.9 Å². The summed E-state index contributed by atoms with van der Waals surface area (Å²) in [5, 5.41) is 4.79. The first kappa shape index (κ1) is 19.4. The van der Waals surface area contributed by atoms with Crippen molar-refractivity contribution in [3.63, 3.8) is 0 Å². The molecule has 24 heavy (non-hydrogen) atoms. The minimum Gasteiger partial charge on any atom is -0.456 e. The number of carbonyl (C=O) groups is 3. The quantitative estimate of drug-likeness (QED) is 0.775. The maximum Gasteiger partial charge on any atom is 0.407 e. The number of hydrogen-bond acceptors (Lipinski definition) is 5. The number of halogens is 1. The van der Waals surface area contributed by atoms with E-state index in [0.29, 0.717) is 0 Å². The van der Waals surface area contributed by atoms with E-state index >= 15 is 0 Å². The lowest BCUT2D eigenvalue weighted by atomic mass is 10.2. The van der Waals surface area contributed by atoms with E-state index < -0.39 is 36.0 Å². The second-order valence-electron chi connectivity index (χ2n) is 5.90. The molecule has 0 unspecified atom stereocenters. The van der Waals surface area contributed by atoms with E-state index in [4.69, 9.17) is 9.47 Å². The smallest absolute Gasteiger partial charge is 0.407 e. The fraction of sp³-hybridized carbons (Fsp3) is 0.438. The third-order valence-corrected chi connectivity index (χ3v) is 2.47.